The minimum Gasteiger partial charge on any atom is -0.296 e. The van der Waals surface area contributed by atoms with Gasteiger partial charge in [-0.2, -0.15) is 0 Å². The van der Waals surface area contributed by atoms with Crippen LogP contribution in [0.2, 0.25) is 0 Å². The summed E-state index contributed by atoms with van der Waals surface area (Å²) in [5.74, 6) is 0. The molecule has 0 unspecified atom stereocenters. The van der Waals surface area contributed by atoms with Gasteiger partial charge in [0.1, 0.15) is 5.69 Å². The van der Waals surface area contributed by atoms with Crippen LogP contribution < -0.4 is 0 Å². The molecule has 4 heteroatoms. The smallest absolute Gasteiger partial charge is 0.170 e. The van der Waals surface area contributed by atoms with E-state index in [-0.39, 0.29) is 0 Å². The molecular formula is C9H13N3O. The van der Waals surface area contributed by atoms with Crippen LogP contribution in [0.4, 0.5) is 0 Å². The second-order valence-electron chi connectivity index (χ2n) is 3.42. The lowest BCUT2D eigenvalue weighted by Gasteiger charge is -2.25. The maximum absolute atomic E-state index is 10.8. The van der Waals surface area contributed by atoms with Crippen LogP contribution in [-0.2, 0) is 6.42 Å². The summed E-state index contributed by atoms with van der Waals surface area (Å²) in [7, 11) is 0. The van der Waals surface area contributed by atoms with Crippen LogP contribution in [0, 0.1) is 0 Å². The monoisotopic (exact) mass is 179 g/mol. The molecule has 0 aromatic carbocycles. The molecular weight excluding hydrogens is 166 g/mol. The van der Waals surface area contributed by atoms with E-state index in [9.17, 15) is 4.79 Å². The van der Waals surface area contributed by atoms with E-state index in [2.05, 4.69) is 10.3 Å². The molecule has 1 saturated carbocycles. The largest absolute Gasteiger partial charge is 0.296 e. The summed E-state index contributed by atoms with van der Waals surface area (Å²) in [6.07, 6.45) is 5.16. The Hall–Kier alpha value is -1.19. The number of carbonyl (C=O) groups is 1. The van der Waals surface area contributed by atoms with Crippen molar-refractivity contribution in [3.63, 3.8) is 0 Å². The lowest BCUT2D eigenvalue weighted by atomic mass is 9.93. The molecule has 1 aliphatic carbocycles. The van der Waals surface area contributed by atoms with Crippen LogP contribution in [0.1, 0.15) is 48.4 Å². The van der Waals surface area contributed by atoms with E-state index >= 15 is 0 Å². The van der Waals surface area contributed by atoms with E-state index in [1.54, 1.807) is 4.68 Å². The molecule has 1 aromatic heterocycles. The average Bonchev–Trinajstić information content (AvgIpc) is 2.44. The van der Waals surface area contributed by atoms with Crippen LogP contribution in [0.25, 0.3) is 0 Å². The minimum absolute atomic E-state index is 0.424. The SMILES string of the molecule is CCc1nnn(C2CCC2)c1C=O. The lowest BCUT2D eigenvalue weighted by molar-refractivity contribution is 0.110. The van der Waals surface area contributed by atoms with Crippen LogP contribution in [-0.4, -0.2) is 21.3 Å². The summed E-state index contributed by atoms with van der Waals surface area (Å²) in [6, 6.07) is 0.424. The van der Waals surface area contributed by atoms with Gasteiger partial charge in [0, 0.05) is 0 Å². The normalized spacial score (nSPS) is 17.0. The number of aldehydes is 1. The summed E-state index contributed by atoms with van der Waals surface area (Å²) < 4.78 is 1.79. The molecule has 4 nitrogen and oxygen atoms in total. The molecule has 0 aliphatic heterocycles. The Labute approximate surface area is 76.9 Å². The first-order chi connectivity index (χ1) is 6.36. The van der Waals surface area contributed by atoms with Gasteiger partial charge in [-0.1, -0.05) is 12.1 Å². The Morgan fingerprint density at radius 1 is 1.62 bits per heavy atom. The van der Waals surface area contributed by atoms with Crippen LogP contribution >= 0.6 is 0 Å². The summed E-state index contributed by atoms with van der Waals surface area (Å²) in [6.45, 7) is 1.99. The van der Waals surface area contributed by atoms with Gasteiger partial charge in [-0.3, -0.25) is 4.79 Å². The van der Waals surface area contributed by atoms with Gasteiger partial charge in [-0.25, -0.2) is 4.68 Å². The molecule has 0 radical (unpaired) electrons. The molecule has 0 amide bonds. The van der Waals surface area contributed by atoms with Crippen molar-refractivity contribution >= 4 is 6.29 Å². The van der Waals surface area contributed by atoms with Gasteiger partial charge >= 0.3 is 0 Å². The Kier molecular flexibility index (Phi) is 2.12. The molecule has 0 spiro atoms. The second kappa shape index (κ2) is 3.28. The van der Waals surface area contributed by atoms with Crippen molar-refractivity contribution in [1.29, 1.82) is 0 Å². The van der Waals surface area contributed by atoms with Gasteiger partial charge in [0.25, 0.3) is 0 Å². The second-order valence-corrected chi connectivity index (χ2v) is 3.42. The van der Waals surface area contributed by atoms with Crippen molar-refractivity contribution in [3.8, 4) is 0 Å². The number of carbonyl (C=O) groups excluding carboxylic acids is 1. The van der Waals surface area contributed by atoms with Gasteiger partial charge < -0.3 is 0 Å². The number of aromatic nitrogens is 3. The predicted molar refractivity (Wildman–Crippen MR) is 47.7 cm³/mol. The summed E-state index contributed by atoms with van der Waals surface area (Å²) in [5.41, 5.74) is 1.49. The fraction of sp³-hybridized carbons (Fsp3) is 0.667. The molecule has 1 aliphatic rings. The van der Waals surface area contributed by atoms with E-state index in [1.165, 1.54) is 6.42 Å². The Balaban J connectivity index is 2.33. The van der Waals surface area contributed by atoms with Crippen molar-refractivity contribution < 1.29 is 4.79 Å². The third kappa shape index (κ3) is 1.26. The summed E-state index contributed by atoms with van der Waals surface area (Å²) >= 11 is 0. The molecule has 1 aromatic rings. The fourth-order valence-electron chi connectivity index (χ4n) is 1.61. The Morgan fingerprint density at radius 3 is 2.85 bits per heavy atom. The van der Waals surface area contributed by atoms with E-state index in [1.807, 2.05) is 6.92 Å². The maximum atomic E-state index is 10.8. The third-order valence-electron chi connectivity index (χ3n) is 2.67. The number of aryl methyl sites for hydroxylation is 1. The molecule has 13 heavy (non-hydrogen) atoms. The molecule has 1 fully saturated rings. The molecule has 1 heterocycles. The van der Waals surface area contributed by atoms with Gasteiger partial charge in [0.05, 0.1) is 11.7 Å². The molecule has 0 N–H and O–H groups in total. The Morgan fingerprint density at radius 2 is 2.38 bits per heavy atom. The average molecular weight is 179 g/mol. The van der Waals surface area contributed by atoms with Crippen molar-refractivity contribution in [2.45, 2.75) is 38.6 Å². The highest BCUT2D eigenvalue weighted by Gasteiger charge is 2.24. The third-order valence-corrected chi connectivity index (χ3v) is 2.67. The van der Waals surface area contributed by atoms with Crippen molar-refractivity contribution in [1.82, 2.24) is 15.0 Å². The number of rotatable bonds is 3. The molecule has 2 rings (SSSR count). The summed E-state index contributed by atoms with van der Waals surface area (Å²) in [4.78, 5) is 10.8. The fourth-order valence-corrected chi connectivity index (χ4v) is 1.61. The van der Waals surface area contributed by atoms with E-state index < -0.39 is 0 Å². The first-order valence-corrected chi connectivity index (χ1v) is 4.76. The van der Waals surface area contributed by atoms with Gasteiger partial charge in [0.15, 0.2) is 6.29 Å². The molecule has 70 valence electrons. The summed E-state index contributed by atoms with van der Waals surface area (Å²) in [5, 5.41) is 8.01. The van der Waals surface area contributed by atoms with Crippen LogP contribution in [0.5, 0.6) is 0 Å². The predicted octanol–water partition coefficient (Wildman–Crippen LogP) is 1.38. The van der Waals surface area contributed by atoms with Crippen molar-refractivity contribution in [2.75, 3.05) is 0 Å². The highest BCUT2D eigenvalue weighted by atomic mass is 16.1. The molecule has 0 atom stereocenters. The molecule has 0 saturated heterocycles. The maximum Gasteiger partial charge on any atom is 0.170 e. The zero-order valence-electron chi connectivity index (χ0n) is 7.73. The van der Waals surface area contributed by atoms with E-state index in [0.29, 0.717) is 11.7 Å². The Bertz CT molecular complexity index is 315. The zero-order valence-corrected chi connectivity index (χ0v) is 7.73. The van der Waals surface area contributed by atoms with Crippen LogP contribution in [0.3, 0.4) is 0 Å². The zero-order chi connectivity index (χ0) is 9.26. The van der Waals surface area contributed by atoms with Gasteiger partial charge in [0.2, 0.25) is 0 Å². The standard InChI is InChI=1S/C9H13N3O/c1-2-8-9(6-13)12(11-10-8)7-4-3-5-7/h6-7H,2-5H2,1H3. The number of hydrogen-bond acceptors (Lipinski definition) is 3. The van der Waals surface area contributed by atoms with Crippen LogP contribution in [0.15, 0.2) is 0 Å². The van der Waals surface area contributed by atoms with E-state index in [4.69, 9.17) is 0 Å². The molecule has 0 bridgehead atoms. The number of hydrogen-bond donors (Lipinski definition) is 0. The van der Waals surface area contributed by atoms with Gasteiger partial charge in [-0.15, -0.1) is 5.10 Å². The van der Waals surface area contributed by atoms with Crippen molar-refractivity contribution in [3.05, 3.63) is 11.4 Å². The first kappa shape index (κ1) is 8.41. The quantitative estimate of drug-likeness (QED) is 0.658. The topological polar surface area (TPSA) is 47.8 Å². The first-order valence-electron chi connectivity index (χ1n) is 4.76. The van der Waals surface area contributed by atoms with E-state index in [0.717, 1.165) is 31.2 Å². The lowest BCUT2D eigenvalue weighted by Crippen LogP contribution is -2.20. The van der Waals surface area contributed by atoms with Crippen molar-refractivity contribution in [2.24, 2.45) is 0 Å². The van der Waals surface area contributed by atoms with Gasteiger partial charge in [-0.05, 0) is 25.7 Å². The minimum atomic E-state index is 0.424. The number of nitrogens with zero attached hydrogens (tertiary/aromatic N) is 3. The highest BCUT2D eigenvalue weighted by molar-refractivity contribution is 5.73. The highest BCUT2D eigenvalue weighted by Crippen LogP contribution is 2.31.